The minimum absolute atomic E-state index is 0.0972. The zero-order valence-corrected chi connectivity index (χ0v) is 15.8. The van der Waals surface area contributed by atoms with E-state index in [-0.39, 0.29) is 5.78 Å². The van der Waals surface area contributed by atoms with Crippen molar-refractivity contribution in [3.63, 3.8) is 0 Å². The molecule has 142 valence electrons. The van der Waals surface area contributed by atoms with Crippen LogP contribution in [0.15, 0.2) is 78.9 Å². The average molecular weight is 373 g/mol. The molecule has 0 aliphatic carbocycles. The van der Waals surface area contributed by atoms with E-state index in [1.165, 1.54) is 17.7 Å². The van der Waals surface area contributed by atoms with Crippen LogP contribution in [0, 0.1) is 0 Å². The average Bonchev–Trinajstić information content (AvgIpc) is 3.22. The number of carbonyl (C=O) groups is 2. The first-order valence-corrected chi connectivity index (χ1v) is 9.30. The lowest BCUT2D eigenvalue weighted by Crippen LogP contribution is -2.09. The Labute approximate surface area is 164 Å². The van der Waals surface area contributed by atoms with E-state index in [2.05, 4.69) is 29.6 Å². The minimum Gasteiger partial charge on any atom is -0.481 e. The number of rotatable bonds is 4. The summed E-state index contributed by atoms with van der Waals surface area (Å²) in [5.41, 5.74) is 4.52. The summed E-state index contributed by atoms with van der Waals surface area (Å²) in [6.45, 7) is 2.72. The molecular weight excluding hydrogens is 350 g/mol. The molecule has 28 heavy (non-hydrogen) atoms. The highest BCUT2D eigenvalue weighted by Crippen LogP contribution is 2.20. The topological polar surface area (TPSA) is 66.4 Å². The number of carboxylic acids is 1. The van der Waals surface area contributed by atoms with Crippen molar-refractivity contribution in [2.24, 2.45) is 0 Å². The standard InChI is InChI=1S/C16H14O3.C8H9N/c1-11(16(18)19)13-8-5-9-14(10-13)15(17)12-6-3-2-4-7-12;1-2-4-8-7(3-1)5-6-9-8/h2-11H,1H3,(H,18,19);1-4,9H,5-6H2. The van der Waals surface area contributed by atoms with Crippen LogP contribution in [0.25, 0.3) is 0 Å². The summed E-state index contributed by atoms with van der Waals surface area (Å²) >= 11 is 0. The van der Waals surface area contributed by atoms with Crippen LogP contribution in [-0.4, -0.2) is 23.4 Å². The van der Waals surface area contributed by atoms with E-state index in [9.17, 15) is 9.59 Å². The first kappa shape index (κ1) is 19.4. The van der Waals surface area contributed by atoms with Crippen LogP contribution in [0.2, 0.25) is 0 Å². The van der Waals surface area contributed by atoms with Gasteiger partial charge in [0.2, 0.25) is 0 Å². The maximum atomic E-state index is 12.2. The maximum Gasteiger partial charge on any atom is 0.310 e. The second-order valence-corrected chi connectivity index (χ2v) is 6.71. The van der Waals surface area contributed by atoms with Crippen LogP contribution in [0.1, 0.15) is 39.9 Å². The Balaban J connectivity index is 0.000000206. The zero-order chi connectivity index (χ0) is 19.9. The van der Waals surface area contributed by atoms with Gasteiger partial charge in [0.05, 0.1) is 5.92 Å². The third kappa shape index (κ3) is 4.65. The van der Waals surface area contributed by atoms with Gasteiger partial charge in [-0.25, -0.2) is 0 Å². The molecule has 1 aliphatic rings. The first-order valence-electron chi connectivity index (χ1n) is 9.30. The fourth-order valence-electron chi connectivity index (χ4n) is 3.09. The van der Waals surface area contributed by atoms with Crippen LogP contribution >= 0.6 is 0 Å². The van der Waals surface area contributed by atoms with Crippen LogP contribution in [0.3, 0.4) is 0 Å². The number of hydrogen-bond donors (Lipinski definition) is 2. The van der Waals surface area contributed by atoms with E-state index in [4.69, 9.17) is 5.11 Å². The summed E-state index contributed by atoms with van der Waals surface area (Å²) in [4.78, 5) is 23.2. The Morgan fingerprint density at radius 2 is 1.57 bits per heavy atom. The Bertz CT molecular complexity index is 943. The van der Waals surface area contributed by atoms with Crippen molar-refractivity contribution in [3.8, 4) is 0 Å². The normalized spacial score (nSPS) is 12.8. The molecule has 4 heteroatoms. The number of nitrogens with one attached hydrogen (secondary N) is 1. The Morgan fingerprint density at radius 1 is 0.893 bits per heavy atom. The molecule has 0 bridgehead atoms. The Hall–Kier alpha value is -3.40. The lowest BCUT2D eigenvalue weighted by molar-refractivity contribution is -0.138. The fourth-order valence-corrected chi connectivity index (χ4v) is 3.09. The zero-order valence-electron chi connectivity index (χ0n) is 15.8. The molecule has 0 fully saturated rings. The minimum atomic E-state index is -0.899. The number of para-hydroxylation sites is 1. The molecule has 0 spiro atoms. The van der Waals surface area contributed by atoms with Gasteiger partial charge in [0.15, 0.2) is 5.78 Å². The molecule has 4 nitrogen and oxygen atoms in total. The van der Waals surface area contributed by atoms with E-state index in [0.29, 0.717) is 16.7 Å². The summed E-state index contributed by atoms with van der Waals surface area (Å²) in [5, 5.41) is 12.3. The molecule has 4 rings (SSSR count). The third-order valence-electron chi connectivity index (χ3n) is 4.78. The number of anilines is 1. The summed E-state index contributed by atoms with van der Waals surface area (Å²) in [6, 6.07) is 24.2. The highest BCUT2D eigenvalue weighted by Gasteiger charge is 2.16. The lowest BCUT2D eigenvalue weighted by atomic mass is 9.96. The highest BCUT2D eigenvalue weighted by molar-refractivity contribution is 6.09. The second-order valence-electron chi connectivity index (χ2n) is 6.71. The number of aliphatic carboxylic acids is 1. The summed E-state index contributed by atoms with van der Waals surface area (Å²) in [7, 11) is 0. The van der Waals surface area contributed by atoms with Crippen molar-refractivity contribution >= 4 is 17.4 Å². The summed E-state index contributed by atoms with van der Waals surface area (Å²) < 4.78 is 0. The van der Waals surface area contributed by atoms with Gasteiger partial charge in [-0.15, -0.1) is 0 Å². The van der Waals surface area contributed by atoms with E-state index < -0.39 is 11.9 Å². The smallest absolute Gasteiger partial charge is 0.310 e. The van der Waals surface area contributed by atoms with Gasteiger partial charge in [-0.1, -0.05) is 66.7 Å². The molecule has 0 aromatic heterocycles. The van der Waals surface area contributed by atoms with Gasteiger partial charge in [-0.05, 0) is 36.6 Å². The molecule has 1 heterocycles. The third-order valence-corrected chi connectivity index (χ3v) is 4.78. The van der Waals surface area contributed by atoms with Gasteiger partial charge >= 0.3 is 5.97 Å². The van der Waals surface area contributed by atoms with Crippen molar-refractivity contribution in [1.29, 1.82) is 0 Å². The van der Waals surface area contributed by atoms with Gasteiger partial charge in [0, 0.05) is 23.4 Å². The number of benzene rings is 3. The summed E-state index contributed by atoms with van der Waals surface area (Å²) in [6.07, 6.45) is 1.19. The SMILES string of the molecule is CC(C(=O)O)c1cccc(C(=O)c2ccccc2)c1.c1ccc2c(c1)CCN2. The molecule has 1 unspecified atom stereocenters. The van der Waals surface area contributed by atoms with E-state index in [0.717, 1.165) is 6.54 Å². The second kappa shape index (κ2) is 9.00. The molecule has 1 aliphatic heterocycles. The number of carbonyl (C=O) groups excluding carboxylic acids is 1. The first-order chi connectivity index (χ1) is 13.6. The Morgan fingerprint density at radius 3 is 2.29 bits per heavy atom. The predicted octanol–water partition coefficient (Wildman–Crippen LogP) is 4.76. The van der Waals surface area contributed by atoms with Crippen LogP contribution in [0.4, 0.5) is 5.69 Å². The molecule has 0 saturated heterocycles. The van der Waals surface area contributed by atoms with E-state index in [1.807, 2.05) is 6.07 Å². The number of carboxylic acid groups (broad SMARTS) is 1. The van der Waals surface area contributed by atoms with Gasteiger partial charge in [0.25, 0.3) is 0 Å². The van der Waals surface area contributed by atoms with E-state index >= 15 is 0 Å². The van der Waals surface area contributed by atoms with Gasteiger partial charge in [-0.2, -0.15) is 0 Å². The van der Waals surface area contributed by atoms with Crippen molar-refractivity contribution in [2.75, 3.05) is 11.9 Å². The van der Waals surface area contributed by atoms with Crippen LogP contribution < -0.4 is 5.32 Å². The number of fused-ring (bicyclic) bond motifs is 1. The number of ketones is 1. The van der Waals surface area contributed by atoms with E-state index in [1.54, 1.807) is 55.5 Å². The van der Waals surface area contributed by atoms with Crippen molar-refractivity contribution in [3.05, 3.63) is 101 Å². The van der Waals surface area contributed by atoms with Gasteiger partial charge in [-0.3, -0.25) is 9.59 Å². The number of hydrogen-bond acceptors (Lipinski definition) is 3. The lowest BCUT2D eigenvalue weighted by Gasteiger charge is -2.08. The molecule has 3 aromatic rings. The predicted molar refractivity (Wildman–Crippen MR) is 111 cm³/mol. The monoisotopic (exact) mass is 373 g/mol. The Kier molecular flexibility index (Phi) is 6.22. The van der Waals surface area contributed by atoms with Crippen molar-refractivity contribution in [2.45, 2.75) is 19.3 Å². The molecule has 0 saturated carbocycles. The molecule has 2 N–H and O–H groups in total. The van der Waals surface area contributed by atoms with Crippen molar-refractivity contribution in [1.82, 2.24) is 0 Å². The molecule has 3 aromatic carbocycles. The molecule has 1 atom stereocenters. The highest BCUT2D eigenvalue weighted by atomic mass is 16.4. The molecular formula is C24H23NO3. The van der Waals surface area contributed by atoms with Crippen molar-refractivity contribution < 1.29 is 14.7 Å². The van der Waals surface area contributed by atoms with Gasteiger partial charge in [0.1, 0.15) is 0 Å². The van der Waals surface area contributed by atoms with Gasteiger partial charge < -0.3 is 10.4 Å². The van der Waals surface area contributed by atoms with Crippen LogP contribution in [0.5, 0.6) is 0 Å². The molecule has 0 amide bonds. The fraction of sp³-hybridized carbons (Fsp3) is 0.167. The maximum absolute atomic E-state index is 12.2. The quantitative estimate of drug-likeness (QED) is 0.647. The largest absolute Gasteiger partial charge is 0.481 e. The van der Waals surface area contributed by atoms with Crippen LogP contribution in [-0.2, 0) is 11.2 Å². The molecule has 0 radical (unpaired) electrons. The summed E-state index contributed by atoms with van der Waals surface area (Å²) in [5.74, 6) is -1.62.